The van der Waals surface area contributed by atoms with Crippen molar-refractivity contribution in [3.63, 3.8) is 0 Å². The summed E-state index contributed by atoms with van der Waals surface area (Å²) in [7, 11) is 1.44. The smallest absolute Gasteiger partial charge is 0.280 e. The van der Waals surface area contributed by atoms with Crippen LogP contribution in [0.3, 0.4) is 0 Å². The number of nitrogens with zero attached hydrogens (tertiary/aromatic N) is 2. The van der Waals surface area contributed by atoms with Crippen molar-refractivity contribution < 1.29 is 8.42 Å². The van der Waals surface area contributed by atoms with E-state index >= 15 is 0 Å². The fraction of sp³-hybridized carbons (Fsp3) is 0.100. The maximum absolute atomic E-state index is 11.0. The minimum Gasteiger partial charge on any atom is -0.332 e. The third-order valence-corrected chi connectivity index (χ3v) is 3.25. The summed E-state index contributed by atoms with van der Waals surface area (Å²) in [6.45, 7) is 0.570. The molecule has 84 valence electrons. The molecule has 4 nitrogen and oxygen atoms in total. The summed E-state index contributed by atoms with van der Waals surface area (Å²) < 4.78 is 23.6. The van der Waals surface area contributed by atoms with Crippen LogP contribution in [0, 0.1) is 0 Å². The van der Waals surface area contributed by atoms with Gasteiger partial charge in [0.05, 0.1) is 6.33 Å². The number of halogens is 1. The van der Waals surface area contributed by atoms with Gasteiger partial charge in [0.1, 0.15) is 0 Å². The number of hydrogen-bond donors (Lipinski definition) is 0. The molecule has 0 radical (unpaired) electrons. The summed E-state index contributed by atoms with van der Waals surface area (Å²) in [5, 5.41) is -0.120. The average Bonchev–Trinajstić information content (AvgIpc) is 2.67. The maximum Gasteiger partial charge on any atom is 0.280 e. The summed E-state index contributed by atoms with van der Waals surface area (Å²) in [6.07, 6.45) is 2.86. The van der Waals surface area contributed by atoms with Crippen LogP contribution in [0.1, 0.15) is 5.56 Å². The van der Waals surface area contributed by atoms with Crippen LogP contribution in [-0.2, 0) is 15.6 Å². The second kappa shape index (κ2) is 4.27. The maximum atomic E-state index is 11.0. The Bertz CT molecular complexity index is 578. The molecule has 0 unspecified atom stereocenters. The summed E-state index contributed by atoms with van der Waals surface area (Å²) >= 11 is 0. The molecule has 1 aromatic carbocycles. The average molecular weight is 257 g/mol. The quantitative estimate of drug-likeness (QED) is 0.788. The molecule has 0 N–H and O–H groups in total. The van der Waals surface area contributed by atoms with Crippen LogP contribution in [0.5, 0.6) is 0 Å². The fourth-order valence-corrected chi connectivity index (χ4v) is 2.02. The Morgan fingerprint density at radius 1 is 1.25 bits per heavy atom. The lowest BCUT2D eigenvalue weighted by Crippen LogP contribution is -1.96. The molecule has 1 heterocycles. The van der Waals surface area contributed by atoms with Gasteiger partial charge in [0, 0.05) is 23.4 Å². The van der Waals surface area contributed by atoms with Gasteiger partial charge in [-0.2, -0.15) is 0 Å². The first kappa shape index (κ1) is 11.2. The Balaban J connectivity index is 2.22. The normalized spacial score (nSPS) is 11.6. The molecule has 0 saturated carbocycles. The molecule has 1 aromatic heterocycles. The second-order valence-electron chi connectivity index (χ2n) is 3.31. The van der Waals surface area contributed by atoms with Crippen molar-refractivity contribution in [2.24, 2.45) is 0 Å². The highest BCUT2D eigenvalue weighted by Crippen LogP contribution is 2.12. The molecule has 0 spiro atoms. The zero-order valence-electron chi connectivity index (χ0n) is 8.25. The highest BCUT2D eigenvalue weighted by molar-refractivity contribution is 8.13. The second-order valence-corrected chi connectivity index (χ2v) is 5.82. The molecule has 16 heavy (non-hydrogen) atoms. The summed E-state index contributed by atoms with van der Waals surface area (Å²) in [5.74, 6) is 0. The predicted molar refractivity (Wildman–Crippen MR) is 60.8 cm³/mol. The van der Waals surface area contributed by atoms with Gasteiger partial charge in [-0.05, 0) is 5.56 Å². The Labute approximate surface area is 97.9 Å². The van der Waals surface area contributed by atoms with E-state index < -0.39 is 9.05 Å². The van der Waals surface area contributed by atoms with Crippen LogP contribution in [0.4, 0.5) is 0 Å². The molecule has 0 amide bonds. The molecule has 0 aliphatic rings. The number of hydrogen-bond acceptors (Lipinski definition) is 3. The van der Waals surface area contributed by atoms with E-state index in [-0.39, 0.29) is 5.03 Å². The largest absolute Gasteiger partial charge is 0.332 e. The third-order valence-electron chi connectivity index (χ3n) is 2.07. The van der Waals surface area contributed by atoms with Gasteiger partial charge < -0.3 is 4.57 Å². The van der Waals surface area contributed by atoms with Crippen molar-refractivity contribution in [2.75, 3.05) is 0 Å². The Hall–Kier alpha value is -1.33. The first-order chi connectivity index (χ1) is 7.55. The molecular weight excluding hydrogens is 248 g/mol. The summed E-state index contributed by atoms with van der Waals surface area (Å²) in [5.41, 5.74) is 1.07. The SMILES string of the molecule is O=S(=O)(Cl)c1cn(Cc2ccccc2)cn1. The van der Waals surface area contributed by atoms with Crippen molar-refractivity contribution in [1.29, 1.82) is 0 Å². The Morgan fingerprint density at radius 3 is 2.50 bits per heavy atom. The van der Waals surface area contributed by atoms with Gasteiger partial charge in [0.25, 0.3) is 9.05 Å². The van der Waals surface area contributed by atoms with Gasteiger partial charge in [-0.1, -0.05) is 30.3 Å². The van der Waals surface area contributed by atoms with Gasteiger partial charge in [0.2, 0.25) is 0 Å². The van der Waals surface area contributed by atoms with Crippen molar-refractivity contribution in [3.05, 3.63) is 48.4 Å². The Morgan fingerprint density at radius 2 is 1.94 bits per heavy atom. The summed E-state index contributed by atoms with van der Waals surface area (Å²) in [6, 6.07) is 9.67. The van der Waals surface area contributed by atoms with E-state index in [1.165, 1.54) is 12.5 Å². The van der Waals surface area contributed by atoms with Crippen molar-refractivity contribution >= 4 is 19.7 Å². The van der Waals surface area contributed by atoms with E-state index in [1.54, 1.807) is 4.57 Å². The van der Waals surface area contributed by atoms with Crippen LogP contribution in [0.25, 0.3) is 0 Å². The molecule has 0 atom stereocenters. The van der Waals surface area contributed by atoms with Gasteiger partial charge in [-0.3, -0.25) is 0 Å². The zero-order valence-corrected chi connectivity index (χ0v) is 9.82. The van der Waals surface area contributed by atoms with E-state index in [0.717, 1.165) is 5.56 Å². The molecule has 0 aliphatic carbocycles. The highest BCUT2D eigenvalue weighted by Gasteiger charge is 2.13. The van der Waals surface area contributed by atoms with Crippen LogP contribution in [0.15, 0.2) is 47.9 Å². The monoisotopic (exact) mass is 256 g/mol. The number of rotatable bonds is 3. The number of benzene rings is 1. The van der Waals surface area contributed by atoms with Gasteiger partial charge >= 0.3 is 0 Å². The van der Waals surface area contributed by atoms with Gasteiger partial charge in [-0.25, -0.2) is 13.4 Å². The molecule has 0 aliphatic heterocycles. The topological polar surface area (TPSA) is 52.0 Å². The standard InChI is InChI=1S/C10H9ClN2O2S/c11-16(14,15)10-7-13(8-12-10)6-9-4-2-1-3-5-9/h1-5,7-8H,6H2. The molecule has 0 fully saturated rings. The van der Waals surface area contributed by atoms with E-state index in [2.05, 4.69) is 4.98 Å². The number of aromatic nitrogens is 2. The zero-order chi connectivity index (χ0) is 11.6. The highest BCUT2D eigenvalue weighted by atomic mass is 35.7. The Kier molecular flexibility index (Phi) is 2.98. The van der Waals surface area contributed by atoms with Crippen LogP contribution in [0.2, 0.25) is 0 Å². The molecule has 0 saturated heterocycles. The molecule has 0 bridgehead atoms. The van der Waals surface area contributed by atoms with Crippen LogP contribution < -0.4 is 0 Å². The van der Waals surface area contributed by atoms with Crippen LogP contribution >= 0.6 is 10.7 Å². The fourth-order valence-electron chi connectivity index (χ4n) is 1.35. The summed E-state index contributed by atoms with van der Waals surface area (Å²) in [4.78, 5) is 3.73. The van der Waals surface area contributed by atoms with Gasteiger partial charge in [-0.15, -0.1) is 0 Å². The lowest BCUT2D eigenvalue weighted by molar-refractivity contribution is 0.606. The van der Waals surface area contributed by atoms with Gasteiger partial charge in [0.15, 0.2) is 5.03 Å². The van der Waals surface area contributed by atoms with Crippen LogP contribution in [-0.4, -0.2) is 18.0 Å². The minimum atomic E-state index is -3.73. The third kappa shape index (κ3) is 2.62. The lowest BCUT2D eigenvalue weighted by Gasteiger charge is -2.00. The van der Waals surface area contributed by atoms with Crippen molar-refractivity contribution in [3.8, 4) is 0 Å². The molecule has 2 rings (SSSR count). The van der Waals surface area contributed by atoms with E-state index in [0.29, 0.717) is 6.54 Å². The predicted octanol–water partition coefficient (Wildman–Crippen LogP) is 1.86. The minimum absolute atomic E-state index is 0.120. The lowest BCUT2D eigenvalue weighted by atomic mass is 10.2. The first-order valence-corrected chi connectivity index (χ1v) is 6.87. The molecule has 6 heteroatoms. The van der Waals surface area contributed by atoms with E-state index in [9.17, 15) is 8.42 Å². The van der Waals surface area contributed by atoms with Crippen molar-refractivity contribution in [2.45, 2.75) is 11.6 Å². The molecular formula is C10H9ClN2O2S. The van der Waals surface area contributed by atoms with E-state index in [4.69, 9.17) is 10.7 Å². The van der Waals surface area contributed by atoms with E-state index in [1.807, 2.05) is 30.3 Å². The number of imidazole rings is 1. The van der Waals surface area contributed by atoms with Crippen molar-refractivity contribution in [1.82, 2.24) is 9.55 Å². The molecule has 2 aromatic rings. The first-order valence-electron chi connectivity index (χ1n) is 4.56.